The van der Waals surface area contributed by atoms with Crippen LogP contribution in [0.4, 0.5) is 0 Å². The lowest BCUT2D eigenvalue weighted by Gasteiger charge is -2.32. The van der Waals surface area contributed by atoms with Crippen LogP contribution < -0.4 is 10.1 Å². The predicted molar refractivity (Wildman–Crippen MR) is 97.6 cm³/mol. The third kappa shape index (κ3) is 5.44. The highest BCUT2D eigenvalue weighted by atomic mass is 16.5. The van der Waals surface area contributed by atoms with E-state index in [9.17, 15) is 4.79 Å². The van der Waals surface area contributed by atoms with Crippen molar-refractivity contribution in [3.8, 4) is 5.75 Å². The first-order valence-corrected chi connectivity index (χ1v) is 9.50. The molecule has 1 amide bonds. The zero-order chi connectivity index (χ0) is 17.5. The van der Waals surface area contributed by atoms with Gasteiger partial charge in [-0.05, 0) is 31.7 Å². The average Bonchev–Trinajstić information content (AvgIpc) is 3.16. The van der Waals surface area contributed by atoms with Crippen molar-refractivity contribution < 1.29 is 14.3 Å². The van der Waals surface area contributed by atoms with Crippen LogP contribution in [0.25, 0.3) is 0 Å². The van der Waals surface area contributed by atoms with E-state index in [4.69, 9.17) is 9.47 Å². The molecule has 138 valence electrons. The summed E-state index contributed by atoms with van der Waals surface area (Å²) in [7, 11) is 1.72. The zero-order valence-corrected chi connectivity index (χ0v) is 15.2. The molecular formula is C20H30N2O3. The van der Waals surface area contributed by atoms with Crippen LogP contribution in [0.2, 0.25) is 0 Å². The van der Waals surface area contributed by atoms with Gasteiger partial charge in [-0.1, -0.05) is 31.0 Å². The standard InChI is InChI=1S/C20H30N2O3/c1-24-19-9-5-2-6-16(19)14-22-12-10-17(11-13-22)21-20(23)15-25-18-7-3-4-8-18/h2,5-6,9,17-18H,3-4,7-8,10-15H2,1H3,(H,21,23). The number of piperidine rings is 1. The smallest absolute Gasteiger partial charge is 0.246 e. The van der Waals surface area contributed by atoms with Gasteiger partial charge in [-0.2, -0.15) is 0 Å². The fourth-order valence-electron chi connectivity index (χ4n) is 3.83. The van der Waals surface area contributed by atoms with E-state index in [0.717, 1.165) is 51.1 Å². The second kappa shape index (κ2) is 9.20. The van der Waals surface area contributed by atoms with E-state index in [2.05, 4.69) is 22.3 Å². The van der Waals surface area contributed by atoms with E-state index < -0.39 is 0 Å². The number of carbonyl (C=O) groups is 1. The van der Waals surface area contributed by atoms with Crippen LogP contribution in [0.15, 0.2) is 24.3 Å². The number of carbonyl (C=O) groups excluding carboxylic acids is 1. The van der Waals surface area contributed by atoms with Gasteiger partial charge in [-0.15, -0.1) is 0 Å². The molecule has 0 aromatic heterocycles. The Morgan fingerprint density at radius 1 is 1.16 bits per heavy atom. The lowest BCUT2D eigenvalue weighted by atomic mass is 10.0. The van der Waals surface area contributed by atoms with Crippen LogP contribution in [0, 0.1) is 0 Å². The molecule has 1 saturated carbocycles. The lowest BCUT2D eigenvalue weighted by molar-refractivity contribution is -0.128. The minimum Gasteiger partial charge on any atom is -0.496 e. The summed E-state index contributed by atoms with van der Waals surface area (Å²) in [4.78, 5) is 14.5. The Kier molecular flexibility index (Phi) is 6.70. The monoisotopic (exact) mass is 346 g/mol. The molecule has 1 N–H and O–H groups in total. The molecule has 3 rings (SSSR count). The third-order valence-electron chi connectivity index (χ3n) is 5.29. The maximum absolute atomic E-state index is 12.1. The number of nitrogens with one attached hydrogen (secondary N) is 1. The number of hydrogen-bond donors (Lipinski definition) is 1. The molecule has 0 atom stereocenters. The number of amides is 1. The summed E-state index contributed by atoms with van der Waals surface area (Å²) < 4.78 is 11.1. The molecule has 2 fully saturated rings. The van der Waals surface area contributed by atoms with Crippen molar-refractivity contribution in [3.63, 3.8) is 0 Å². The molecule has 1 aliphatic heterocycles. The maximum atomic E-state index is 12.1. The number of rotatable bonds is 7. The third-order valence-corrected chi connectivity index (χ3v) is 5.29. The van der Waals surface area contributed by atoms with Crippen LogP contribution in [0.1, 0.15) is 44.1 Å². The Morgan fingerprint density at radius 2 is 1.88 bits per heavy atom. The molecule has 2 aliphatic rings. The maximum Gasteiger partial charge on any atom is 0.246 e. The van der Waals surface area contributed by atoms with Crippen molar-refractivity contribution in [2.24, 2.45) is 0 Å². The largest absolute Gasteiger partial charge is 0.496 e. The molecular weight excluding hydrogens is 316 g/mol. The summed E-state index contributed by atoms with van der Waals surface area (Å²) in [6, 6.07) is 8.45. The lowest BCUT2D eigenvalue weighted by Crippen LogP contribution is -2.45. The van der Waals surface area contributed by atoms with Gasteiger partial charge < -0.3 is 14.8 Å². The molecule has 1 aromatic carbocycles. The molecule has 0 unspecified atom stereocenters. The van der Waals surface area contributed by atoms with Gasteiger partial charge in [0, 0.05) is 31.2 Å². The van der Waals surface area contributed by atoms with E-state index in [1.165, 1.54) is 18.4 Å². The van der Waals surface area contributed by atoms with Crippen molar-refractivity contribution >= 4 is 5.91 Å². The topological polar surface area (TPSA) is 50.8 Å². The van der Waals surface area contributed by atoms with Gasteiger partial charge in [-0.3, -0.25) is 9.69 Å². The predicted octanol–water partition coefficient (Wildman–Crippen LogP) is 2.74. The van der Waals surface area contributed by atoms with Crippen molar-refractivity contribution in [1.29, 1.82) is 0 Å². The molecule has 25 heavy (non-hydrogen) atoms. The Morgan fingerprint density at radius 3 is 2.60 bits per heavy atom. The SMILES string of the molecule is COc1ccccc1CN1CCC(NC(=O)COC2CCCC2)CC1. The highest BCUT2D eigenvalue weighted by Crippen LogP contribution is 2.22. The van der Waals surface area contributed by atoms with Gasteiger partial charge in [0.15, 0.2) is 0 Å². The number of benzene rings is 1. The van der Waals surface area contributed by atoms with Crippen LogP contribution in [0.5, 0.6) is 5.75 Å². The second-order valence-corrected chi connectivity index (χ2v) is 7.15. The van der Waals surface area contributed by atoms with Gasteiger partial charge in [0.1, 0.15) is 12.4 Å². The number of likely N-dealkylation sites (tertiary alicyclic amines) is 1. The molecule has 1 saturated heterocycles. The second-order valence-electron chi connectivity index (χ2n) is 7.15. The fourth-order valence-corrected chi connectivity index (χ4v) is 3.83. The highest BCUT2D eigenvalue weighted by molar-refractivity contribution is 5.77. The summed E-state index contributed by atoms with van der Waals surface area (Å²) in [5.41, 5.74) is 1.22. The van der Waals surface area contributed by atoms with Crippen LogP contribution in [0.3, 0.4) is 0 Å². The van der Waals surface area contributed by atoms with E-state index in [1.54, 1.807) is 7.11 Å². The molecule has 1 aliphatic carbocycles. The van der Waals surface area contributed by atoms with Gasteiger partial charge in [0.25, 0.3) is 0 Å². The van der Waals surface area contributed by atoms with Crippen LogP contribution in [-0.2, 0) is 16.1 Å². The number of nitrogens with zero attached hydrogens (tertiary/aromatic N) is 1. The van der Waals surface area contributed by atoms with E-state index in [-0.39, 0.29) is 18.6 Å². The average molecular weight is 346 g/mol. The molecule has 1 heterocycles. The Hall–Kier alpha value is -1.59. The molecule has 0 radical (unpaired) electrons. The zero-order valence-electron chi connectivity index (χ0n) is 15.2. The quantitative estimate of drug-likeness (QED) is 0.825. The normalized spacial score (nSPS) is 19.9. The molecule has 0 spiro atoms. The number of ether oxygens (including phenoxy) is 2. The molecule has 5 nitrogen and oxygen atoms in total. The Balaban J connectivity index is 1.37. The van der Waals surface area contributed by atoms with Crippen molar-refractivity contribution in [1.82, 2.24) is 10.2 Å². The minimum atomic E-state index is 0.0371. The van der Waals surface area contributed by atoms with Gasteiger partial charge in [0.05, 0.1) is 13.2 Å². The summed E-state index contributed by atoms with van der Waals surface area (Å²) in [6.07, 6.45) is 6.96. The molecule has 5 heteroatoms. The molecule has 1 aromatic rings. The number of para-hydroxylation sites is 1. The first-order valence-electron chi connectivity index (χ1n) is 9.50. The fraction of sp³-hybridized carbons (Fsp3) is 0.650. The van der Waals surface area contributed by atoms with Crippen molar-refractivity contribution in [2.45, 2.75) is 57.2 Å². The van der Waals surface area contributed by atoms with Crippen molar-refractivity contribution in [3.05, 3.63) is 29.8 Å². The van der Waals surface area contributed by atoms with E-state index in [0.29, 0.717) is 6.10 Å². The van der Waals surface area contributed by atoms with Crippen molar-refractivity contribution in [2.75, 3.05) is 26.8 Å². The van der Waals surface area contributed by atoms with Crippen LogP contribution in [-0.4, -0.2) is 49.8 Å². The highest BCUT2D eigenvalue weighted by Gasteiger charge is 2.22. The van der Waals surface area contributed by atoms with E-state index in [1.807, 2.05) is 12.1 Å². The molecule has 0 bridgehead atoms. The van der Waals surface area contributed by atoms with Gasteiger partial charge in [0.2, 0.25) is 5.91 Å². The minimum absolute atomic E-state index is 0.0371. The Bertz CT molecular complexity index is 550. The summed E-state index contributed by atoms with van der Waals surface area (Å²) >= 11 is 0. The Labute approximate surface area is 150 Å². The summed E-state index contributed by atoms with van der Waals surface area (Å²) in [5.74, 6) is 0.983. The number of hydrogen-bond acceptors (Lipinski definition) is 4. The first kappa shape index (κ1) is 18.2. The van der Waals surface area contributed by atoms with Gasteiger partial charge >= 0.3 is 0 Å². The van der Waals surface area contributed by atoms with Crippen LogP contribution >= 0.6 is 0 Å². The van der Waals surface area contributed by atoms with E-state index >= 15 is 0 Å². The first-order chi connectivity index (χ1) is 12.2. The number of methoxy groups -OCH3 is 1. The summed E-state index contributed by atoms with van der Waals surface area (Å²) in [5, 5.41) is 3.13. The van der Waals surface area contributed by atoms with Gasteiger partial charge in [-0.25, -0.2) is 0 Å². The summed E-state index contributed by atoms with van der Waals surface area (Å²) in [6.45, 7) is 3.10.